The topological polar surface area (TPSA) is 41.4 Å². The van der Waals surface area contributed by atoms with Gasteiger partial charge in [-0.05, 0) is 69.3 Å². The normalized spacial score (nSPS) is 15.8. The van der Waals surface area contributed by atoms with Crippen LogP contribution in [-0.2, 0) is 18.3 Å². The quantitative estimate of drug-likeness (QED) is 0.643. The molecule has 0 aliphatic carbocycles. The Morgan fingerprint density at radius 3 is 2.69 bits per heavy atom. The van der Waals surface area contributed by atoms with E-state index in [0.29, 0.717) is 5.92 Å². The lowest BCUT2D eigenvalue weighted by Gasteiger charge is -2.34. The molecule has 0 N–H and O–H groups in total. The molecule has 156 valence electrons. The van der Waals surface area contributed by atoms with E-state index in [2.05, 4.69) is 48.1 Å². The van der Waals surface area contributed by atoms with Crippen molar-refractivity contribution in [3.63, 3.8) is 0 Å². The lowest BCUT2D eigenvalue weighted by molar-refractivity contribution is -0.126. The van der Waals surface area contributed by atoms with E-state index in [1.54, 1.807) is 17.0 Å². The molecule has 1 aromatic carbocycles. The third-order valence-electron chi connectivity index (χ3n) is 5.98. The monoisotopic (exact) mass is 394 g/mol. The van der Waals surface area contributed by atoms with E-state index in [-0.39, 0.29) is 5.91 Å². The highest BCUT2D eigenvalue weighted by molar-refractivity contribution is 5.91. The van der Waals surface area contributed by atoms with Gasteiger partial charge in [-0.15, -0.1) is 0 Å². The zero-order valence-electron chi connectivity index (χ0n) is 18.1. The summed E-state index contributed by atoms with van der Waals surface area (Å²) in [5, 5.41) is 4.14. The fourth-order valence-electron chi connectivity index (χ4n) is 4.05. The lowest BCUT2D eigenvalue weighted by Crippen LogP contribution is -2.41. The SMILES string of the molecule is CCN(CC1CCN(CCc2ccccc2C)CC1)C(=O)/C=C/c1cnn(C)c1. The van der Waals surface area contributed by atoms with E-state index in [0.717, 1.165) is 44.7 Å². The summed E-state index contributed by atoms with van der Waals surface area (Å²) in [6.07, 6.45) is 10.7. The fourth-order valence-corrected chi connectivity index (χ4v) is 4.05. The van der Waals surface area contributed by atoms with E-state index < -0.39 is 0 Å². The maximum absolute atomic E-state index is 12.6. The molecule has 1 fully saturated rings. The van der Waals surface area contributed by atoms with Crippen LogP contribution in [0.25, 0.3) is 6.08 Å². The highest BCUT2D eigenvalue weighted by atomic mass is 16.2. The molecule has 1 amide bonds. The second kappa shape index (κ2) is 10.4. The Morgan fingerprint density at radius 2 is 2.03 bits per heavy atom. The van der Waals surface area contributed by atoms with Gasteiger partial charge in [-0.25, -0.2) is 0 Å². The predicted octanol–water partition coefficient (Wildman–Crippen LogP) is 3.54. The van der Waals surface area contributed by atoms with Gasteiger partial charge in [0.15, 0.2) is 0 Å². The lowest BCUT2D eigenvalue weighted by atomic mass is 9.95. The van der Waals surface area contributed by atoms with Crippen LogP contribution in [0.3, 0.4) is 0 Å². The number of piperidine rings is 1. The summed E-state index contributed by atoms with van der Waals surface area (Å²) in [5.41, 5.74) is 3.80. The van der Waals surface area contributed by atoms with E-state index >= 15 is 0 Å². The first-order valence-electron chi connectivity index (χ1n) is 10.8. The first-order chi connectivity index (χ1) is 14.0. The molecular formula is C24H34N4O. The largest absolute Gasteiger partial charge is 0.339 e. The van der Waals surface area contributed by atoms with Gasteiger partial charge in [0.2, 0.25) is 5.91 Å². The highest BCUT2D eigenvalue weighted by Crippen LogP contribution is 2.19. The molecule has 0 unspecified atom stereocenters. The molecule has 0 atom stereocenters. The molecule has 1 aliphatic rings. The Balaban J connectivity index is 1.43. The summed E-state index contributed by atoms with van der Waals surface area (Å²) >= 11 is 0. The Kier molecular flexibility index (Phi) is 7.64. The van der Waals surface area contributed by atoms with Crippen LogP contribution in [0.2, 0.25) is 0 Å². The number of rotatable bonds is 8. The molecule has 2 heterocycles. The molecule has 1 saturated heterocycles. The number of nitrogens with zero attached hydrogens (tertiary/aromatic N) is 4. The summed E-state index contributed by atoms with van der Waals surface area (Å²) in [4.78, 5) is 17.1. The van der Waals surface area contributed by atoms with E-state index in [1.165, 1.54) is 24.0 Å². The van der Waals surface area contributed by atoms with Gasteiger partial charge in [-0.3, -0.25) is 9.48 Å². The van der Waals surface area contributed by atoms with Gasteiger partial charge in [-0.1, -0.05) is 24.3 Å². The fraction of sp³-hybridized carbons (Fsp3) is 0.500. The number of likely N-dealkylation sites (N-methyl/N-ethyl adjacent to an activating group) is 1. The molecule has 1 aromatic heterocycles. The zero-order chi connectivity index (χ0) is 20.6. The first-order valence-corrected chi connectivity index (χ1v) is 10.8. The van der Waals surface area contributed by atoms with Gasteiger partial charge in [0, 0.05) is 44.5 Å². The molecule has 0 radical (unpaired) electrons. The van der Waals surface area contributed by atoms with Gasteiger partial charge in [0.1, 0.15) is 0 Å². The van der Waals surface area contributed by atoms with Gasteiger partial charge < -0.3 is 9.80 Å². The minimum absolute atomic E-state index is 0.0957. The van der Waals surface area contributed by atoms with Gasteiger partial charge in [-0.2, -0.15) is 5.10 Å². The van der Waals surface area contributed by atoms with Crippen molar-refractivity contribution in [1.82, 2.24) is 19.6 Å². The number of benzene rings is 1. The van der Waals surface area contributed by atoms with E-state index in [1.807, 2.05) is 24.2 Å². The van der Waals surface area contributed by atoms with Crippen molar-refractivity contribution in [1.29, 1.82) is 0 Å². The van der Waals surface area contributed by atoms with Crippen molar-refractivity contribution in [3.8, 4) is 0 Å². The van der Waals surface area contributed by atoms with Crippen LogP contribution in [-0.4, -0.2) is 58.2 Å². The molecule has 3 rings (SSSR count). The standard InChI is InChI=1S/C24H34N4O/c1-4-28(24(29)10-9-22-17-25-26(3)18-22)19-21-11-14-27(15-12-21)16-13-23-8-6-5-7-20(23)2/h5-10,17-18,21H,4,11-16,19H2,1-3H3/b10-9+. The Morgan fingerprint density at radius 1 is 1.28 bits per heavy atom. The minimum Gasteiger partial charge on any atom is -0.339 e. The van der Waals surface area contributed by atoms with Crippen LogP contribution in [0.15, 0.2) is 42.7 Å². The van der Waals surface area contributed by atoms with Crippen LogP contribution in [0.5, 0.6) is 0 Å². The second-order valence-electron chi connectivity index (χ2n) is 8.12. The predicted molar refractivity (Wildman–Crippen MR) is 119 cm³/mol. The summed E-state index contributed by atoms with van der Waals surface area (Å²) in [5.74, 6) is 0.693. The molecule has 5 heteroatoms. The molecule has 2 aromatic rings. The maximum atomic E-state index is 12.6. The van der Waals surface area contributed by atoms with E-state index in [9.17, 15) is 4.79 Å². The van der Waals surface area contributed by atoms with Crippen molar-refractivity contribution in [2.75, 3.05) is 32.7 Å². The number of likely N-dealkylation sites (tertiary alicyclic amines) is 1. The van der Waals surface area contributed by atoms with Gasteiger partial charge in [0.25, 0.3) is 0 Å². The Hall–Kier alpha value is -2.40. The first kappa shape index (κ1) is 21.3. The zero-order valence-corrected chi connectivity index (χ0v) is 18.1. The third kappa shape index (κ3) is 6.29. The summed E-state index contributed by atoms with van der Waals surface area (Å²) in [7, 11) is 1.88. The molecule has 0 spiro atoms. The van der Waals surface area contributed by atoms with Crippen molar-refractivity contribution in [2.45, 2.75) is 33.1 Å². The summed E-state index contributed by atoms with van der Waals surface area (Å²) in [6.45, 7) is 9.26. The molecule has 0 saturated carbocycles. The average molecular weight is 395 g/mol. The number of hydrogen-bond donors (Lipinski definition) is 0. The molecule has 5 nitrogen and oxygen atoms in total. The van der Waals surface area contributed by atoms with E-state index in [4.69, 9.17) is 0 Å². The summed E-state index contributed by atoms with van der Waals surface area (Å²) in [6, 6.07) is 8.68. The Bertz CT molecular complexity index is 818. The smallest absolute Gasteiger partial charge is 0.246 e. The van der Waals surface area contributed by atoms with Crippen LogP contribution in [0.1, 0.15) is 36.5 Å². The number of carbonyl (C=O) groups excluding carboxylic acids is 1. The second-order valence-corrected chi connectivity index (χ2v) is 8.12. The van der Waals surface area contributed by atoms with Crippen LogP contribution >= 0.6 is 0 Å². The van der Waals surface area contributed by atoms with Gasteiger partial charge >= 0.3 is 0 Å². The molecule has 1 aliphatic heterocycles. The highest BCUT2D eigenvalue weighted by Gasteiger charge is 2.22. The number of aryl methyl sites for hydroxylation is 2. The van der Waals surface area contributed by atoms with Crippen molar-refractivity contribution < 1.29 is 4.79 Å². The number of hydrogen-bond acceptors (Lipinski definition) is 3. The minimum atomic E-state index is 0.0957. The molecule has 29 heavy (non-hydrogen) atoms. The van der Waals surface area contributed by atoms with Crippen LogP contribution in [0, 0.1) is 12.8 Å². The Labute approximate surface area is 175 Å². The number of amides is 1. The number of aromatic nitrogens is 2. The molecule has 0 bridgehead atoms. The molecular weight excluding hydrogens is 360 g/mol. The van der Waals surface area contributed by atoms with Crippen LogP contribution in [0.4, 0.5) is 0 Å². The maximum Gasteiger partial charge on any atom is 0.246 e. The van der Waals surface area contributed by atoms with Gasteiger partial charge in [0.05, 0.1) is 6.20 Å². The van der Waals surface area contributed by atoms with Crippen LogP contribution < -0.4 is 0 Å². The third-order valence-corrected chi connectivity index (χ3v) is 5.98. The van der Waals surface area contributed by atoms with Crippen molar-refractivity contribution in [3.05, 3.63) is 59.4 Å². The summed E-state index contributed by atoms with van der Waals surface area (Å²) < 4.78 is 1.74. The van der Waals surface area contributed by atoms with Crippen molar-refractivity contribution >= 4 is 12.0 Å². The number of carbonyl (C=O) groups is 1. The average Bonchev–Trinajstić information content (AvgIpc) is 3.15. The van der Waals surface area contributed by atoms with Crippen molar-refractivity contribution in [2.24, 2.45) is 13.0 Å².